The van der Waals surface area contributed by atoms with Crippen molar-refractivity contribution in [2.75, 3.05) is 15.5 Å². The zero-order chi connectivity index (χ0) is 22.8. The van der Waals surface area contributed by atoms with Gasteiger partial charge in [0.05, 0.1) is 11.3 Å². The summed E-state index contributed by atoms with van der Waals surface area (Å²) < 4.78 is 0. The summed E-state index contributed by atoms with van der Waals surface area (Å²) in [7, 11) is 0. The van der Waals surface area contributed by atoms with Gasteiger partial charge in [-0.05, 0) is 29.3 Å². The van der Waals surface area contributed by atoms with E-state index in [9.17, 15) is 19.5 Å². The smallest absolute Gasteiger partial charge is 0.338 e. The molecule has 1 aromatic heterocycles. The number of hydrogen-bond acceptors (Lipinski definition) is 6. The number of hydrogen-bond donors (Lipinski definition) is 4. The average molecular weight is 431 g/mol. The van der Waals surface area contributed by atoms with Crippen molar-refractivity contribution in [1.82, 2.24) is 4.98 Å². The van der Waals surface area contributed by atoms with Gasteiger partial charge < -0.3 is 26.4 Å². The first-order valence-electron chi connectivity index (χ1n) is 9.86. The standard InChI is InChI=1S/C23H21N5O4/c1-13(29)26-16-9-7-14(8-10-16)18(20(24)30)28-19-17(23(31)32)11-12-25-21(19)27-22(28)15-5-3-2-4-6-15/h2-12,18,22H,1H3,(H2,24,30)(H,25,27)(H,26,29)(H,31,32). The number of rotatable bonds is 6. The predicted molar refractivity (Wildman–Crippen MR) is 119 cm³/mol. The van der Waals surface area contributed by atoms with Crippen LogP contribution >= 0.6 is 0 Å². The van der Waals surface area contributed by atoms with Crippen LogP contribution in [0.1, 0.15) is 40.6 Å². The van der Waals surface area contributed by atoms with Crippen LogP contribution in [0, 0.1) is 0 Å². The van der Waals surface area contributed by atoms with Crippen molar-refractivity contribution in [1.29, 1.82) is 0 Å². The van der Waals surface area contributed by atoms with Crippen LogP contribution in [0.25, 0.3) is 0 Å². The van der Waals surface area contributed by atoms with Crippen LogP contribution in [0.2, 0.25) is 0 Å². The Morgan fingerprint density at radius 2 is 1.78 bits per heavy atom. The molecule has 2 amide bonds. The van der Waals surface area contributed by atoms with Gasteiger partial charge in [0.2, 0.25) is 11.8 Å². The van der Waals surface area contributed by atoms with E-state index < -0.39 is 24.1 Å². The van der Waals surface area contributed by atoms with Crippen molar-refractivity contribution < 1.29 is 19.5 Å². The van der Waals surface area contributed by atoms with Crippen LogP contribution in [0.15, 0.2) is 66.9 Å². The Morgan fingerprint density at radius 1 is 1.09 bits per heavy atom. The molecule has 2 aromatic carbocycles. The monoisotopic (exact) mass is 431 g/mol. The van der Waals surface area contributed by atoms with Gasteiger partial charge in [0.25, 0.3) is 0 Å². The molecule has 0 saturated carbocycles. The van der Waals surface area contributed by atoms with Gasteiger partial charge in [0.1, 0.15) is 12.2 Å². The maximum Gasteiger partial charge on any atom is 0.338 e. The fourth-order valence-electron chi connectivity index (χ4n) is 3.89. The second-order valence-electron chi connectivity index (χ2n) is 7.33. The third-order valence-electron chi connectivity index (χ3n) is 5.17. The quantitative estimate of drug-likeness (QED) is 0.471. The summed E-state index contributed by atoms with van der Waals surface area (Å²) in [5.74, 6) is -1.68. The number of aromatic carboxylic acids is 1. The van der Waals surface area contributed by atoms with E-state index in [1.807, 2.05) is 30.3 Å². The minimum absolute atomic E-state index is 0.00190. The molecule has 3 aromatic rings. The topological polar surface area (TPSA) is 138 Å². The predicted octanol–water partition coefficient (Wildman–Crippen LogP) is 2.90. The summed E-state index contributed by atoms with van der Waals surface area (Å²) >= 11 is 0. The average Bonchev–Trinajstić information content (AvgIpc) is 3.14. The zero-order valence-corrected chi connectivity index (χ0v) is 17.1. The third kappa shape index (κ3) is 3.83. The van der Waals surface area contributed by atoms with Gasteiger partial charge in [-0.25, -0.2) is 9.78 Å². The number of primary amides is 1. The summed E-state index contributed by atoms with van der Waals surface area (Å²) in [6.45, 7) is 1.40. The molecular formula is C23H21N5O4. The number of carboxylic acid groups (broad SMARTS) is 1. The van der Waals surface area contributed by atoms with Crippen LogP contribution in [-0.4, -0.2) is 27.9 Å². The lowest BCUT2D eigenvalue weighted by molar-refractivity contribution is -0.119. The highest BCUT2D eigenvalue weighted by Crippen LogP contribution is 2.47. The lowest BCUT2D eigenvalue weighted by Crippen LogP contribution is -2.40. The van der Waals surface area contributed by atoms with Crippen molar-refractivity contribution in [2.45, 2.75) is 19.1 Å². The molecule has 9 nitrogen and oxygen atoms in total. The largest absolute Gasteiger partial charge is 0.478 e. The molecule has 0 bridgehead atoms. The Kier molecular flexibility index (Phi) is 5.46. The molecule has 0 spiro atoms. The second-order valence-corrected chi connectivity index (χ2v) is 7.33. The second kappa shape index (κ2) is 8.38. The number of benzene rings is 2. The van der Waals surface area contributed by atoms with Crippen LogP contribution in [0.5, 0.6) is 0 Å². The number of fused-ring (bicyclic) bond motifs is 1. The van der Waals surface area contributed by atoms with Crippen molar-refractivity contribution in [3.8, 4) is 0 Å². The maximum absolute atomic E-state index is 12.7. The molecule has 2 heterocycles. The normalized spacial score (nSPS) is 15.4. The van der Waals surface area contributed by atoms with E-state index in [4.69, 9.17) is 5.73 Å². The first-order chi connectivity index (χ1) is 15.4. The Hall–Kier alpha value is -4.40. The molecule has 5 N–H and O–H groups in total. The van der Waals surface area contributed by atoms with Crippen molar-refractivity contribution in [3.05, 3.63) is 83.6 Å². The molecule has 0 aliphatic carbocycles. The number of carbonyl (C=O) groups excluding carboxylic acids is 2. The van der Waals surface area contributed by atoms with Gasteiger partial charge >= 0.3 is 5.97 Å². The summed E-state index contributed by atoms with van der Waals surface area (Å²) in [6.07, 6.45) is 0.828. The van der Waals surface area contributed by atoms with Crippen molar-refractivity contribution in [2.24, 2.45) is 5.73 Å². The molecule has 0 saturated heterocycles. The van der Waals surface area contributed by atoms with E-state index in [0.29, 0.717) is 17.1 Å². The number of nitrogens with one attached hydrogen (secondary N) is 2. The Bertz CT molecular complexity index is 1180. The lowest BCUT2D eigenvalue weighted by Gasteiger charge is -2.34. The molecule has 0 radical (unpaired) electrons. The Labute approximate surface area is 183 Å². The molecule has 0 fully saturated rings. The number of carbonyl (C=O) groups is 3. The van der Waals surface area contributed by atoms with Crippen LogP contribution in [-0.2, 0) is 9.59 Å². The van der Waals surface area contributed by atoms with Crippen molar-refractivity contribution >= 4 is 35.0 Å². The number of nitrogens with two attached hydrogens (primary N) is 1. The minimum atomic E-state index is -1.15. The number of aromatic nitrogens is 1. The minimum Gasteiger partial charge on any atom is -0.478 e. The molecule has 4 rings (SSSR count). The van der Waals surface area contributed by atoms with Crippen molar-refractivity contribution in [3.63, 3.8) is 0 Å². The van der Waals surface area contributed by atoms with Gasteiger partial charge in [0.15, 0.2) is 5.82 Å². The van der Waals surface area contributed by atoms with E-state index in [1.54, 1.807) is 29.2 Å². The number of anilines is 3. The highest BCUT2D eigenvalue weighted by molar-refractivity contribution is 6.01. The van der Waals surface area contributed by atoms with Crippen LogP contribution < -0.4 is 21.3 Å². The molecule has 162 valence electrons. The Morgan fingerprint density at radius 3 is 2.38 bits per heavy atom. The Balaban J connectivity index is 1.86. The zero-order valence-electron chi connectivity index (χ0n) is 17.1. The number of nitrogens with zero attached hydrogens (tertiary/aromatic N) is 2. The molecule has 2 atom stereocenters. The van der Waals surface area contributed by atoms with E-state index in [2.05, 4.69) is 15.6 Å². The summed E-state index contributed by atoms with van der Waals surface area (Å²) in [5.41, 5.74) is 8.05. The van der Waals surface area contributed by atoms with Gasteiger partial charge in [0, 0.05) is 18.8 Å². The number of amides is 2. The summed E-state index contributed by atoms with van der Waals surface area (Å²) in [5, 5.41) is 15.7. The van der Waals surface area contributed by atoms with E-state index in [0.717, 1.165) is 5.56 Å². The molecule has 32 heavy (non-hydrogen) atoms. The highest BCUT2D eigenvalue weighted by Gasteiger charge is 2.41. The first-order valence-corrected chi connectivity index (χ1v) is 9.86. The van der Waals surface area contributed by atoms with E-state index in [-0.39, 0.29) is 17.2 Å². The highest BCUT2D eigenvalue weighted by atomic mass is 16.4. The number of carboxylic acids is 1. The fraction of sp³-hybridized carbons (Fsp3) is 0.130. The maximum atomic E-state index is 12.7. The molecule has 9 heteroatoms. The van der Waals surface area contributed by atoms with Gasteiger partial charge in [-0.1, -0.05) is 42.5 Å². The number of pyridine rings is 1. The molecule has 1 aliphatic heterocycles. The van der Waals surface area contributed by atoms with E-state index >= 15 is 0 Å². The molecule has 2 unspecified atom stereocenters. The SMILES string of the molecule is CC(=O)Nc1ccc(C(C(N)=O)N2c3c(C(=O)O)ccnc3NC2c2ccccc2)cc1. The van der Waals surface area contributed by atoms with Gasteiger partial charge in [-0.3, -0.25) is 9.59 Å². The lowest BCUT2D eigenvalue weighted by atomic mass is 10.0. The van der Waals surface area contributed by atoms with E-state index in [1.165, 1.54) is 19.2 Å². The first kappa shape index (κ1) is 20.9. The van der Waals surface area contributed by atoms with Gasteiger partial charge in [-0.15, -0.1) is 0 Å². The van der Waals surface area contributed by atoms with Crippen LogP contribution in [0.4, 0.5) is 17.2 Å². The molecule has 1 aliphatic rings. The molecular weight excluding hydrogens is 410 g/mol. The van der Waals surface area contributed by atoms with Crippen LogP contribution in [0.3, 0.4) is 0 Å². The summed E-state index contributed by atoms with van der Waals surface area (Å²) in [4.78, 5) is 42.0. The van der Waals surface area contributed by atoms with Gasteiger partial charge in [-0.2, -0.15) is 0 Å². The summed E-state index contributed by atoms with van der Waals surface area (Å²) in [6, 6.07) is 16.4. The fourth-order valence-corrected chi connectivity index (χ4v) is 3.89. The third-order valence-corrected chi connectivity index (χ3v) is 5.17.